The van der Waals surface area contributed by atoms with Crippen LogP contribution in [0.15, 0.2) is 30.3 Å². The van der Waals surface area contributed by atoms with E-state index >= 15 is 0 Å². The quantitative estimate of drug-likeness (QED) is 0.847. The fourth-order valence-electron chi connectivity index (χ4n) is 2.78. The van der Waals surface area contributed by atoms with Crippen LogP contribution in [0.25, 0.3) is 0 Å². The highest BCUT2D eigenvalue weighted by Crippen LogP contribution is 2.30. The lowest BCUT2D eigenvalue weighted by Gasteiger charge is -2.34. The van der Waals surface area contributed by atoms with Gasteiger partial charge in [0.05, 0.1) is 6.61 Å². The minimum absolute atomic E-state index is 0.0322. The van der Waals surface area contributed by atoms with Crippen LogP contribution in [0.3, 0.4) is 0 Å². The molecule has 5 heteroatoms. The number of morpholine rings is 1. The van der Waals surface area contributed by atoms with Gasteiger partial charge in [0.1, 0.15) is 17.7 Å². The standard InChI is InChI=1S/C18H22ClN3O/c1-12(2)18-20-13(3)10-17(21-18)22-8-9-23-16(11-22)14-6-4-5-7-15(14)19/h4-7,10,12,16H,8-9,11H2,1-3H3. The molecule has 1 aliphatic rings. The smallest absolute Gasteiger partial charge is 0.133 e. The predicted octanol–water partition coefficient (Wildman–Crippen LogP) is 4.14. The van der Waals surface area contributed by atoms with Gasteiger partial charge in [-0.1, -0.05) is 43.6 Å². The Labute approximate surface area is 142 Å². The zero-order valence-corrected chi connectivity index (χ0v) is 14.5. The lowest BCUT2D eigenvalue weighted by molar-refractivity contribution is 0.0395. The molecule has 23 heavy (non-hydrogen) atoms. The van der Waals surface area contributed by atoms with E-state index in [2.05, 4.69) is 23.7 Å². The van der Waals surface area contributed by atoms with Crippen LogP contribution in [-0.4, -0.2) is 29.7 Å². The van der Waals surface area contributed by atoms with Crippen molar-refractivity contribution in [3.63, 3.8) is 0 Å². The summed E-state index contributed by atoms with van der Waals surface area (Å²) in [6, 6.07) is 9.91. The molecule has 2 heterocycles. The highest BCUT2D eigenvalue weighted by atomic mass is 35.5. The Bertz CT molecular complexity index is 690. The molecule has 0 bridgehead atoms. The lowest BCUT2D eigenvalue weighted by Crippen LogP contribution is -2.39. The van der Waals surface area contributed by atoms with Gasteiger partial charge < -0.3 is 9.64 Å². The molecule has 1 atom stereocenters. The Morgan fingerprint density at radius 3 is 2.78 bits per heavy atom. The SMILES string of the molecule is Cc1cc(N2CCOC(c3ccccc3Cl)C2)nc(C(C)C)n1. The summed E-state index contributed by atoms with van der Waals surface area (Å²) in [5.74, 6) is 2.18. The Kier molecular flexibility index (Phi) is 4.83. The molecular weight excluding hydrogens is 310 g/mol. The number of nitrogens with zero attached hydrogens (tertiary/aromatic N) is 3. The van der Waals surface area contributed by atoms with Crippen molar-refractivity contribution < 1.29 is 4.74 Å². The van der Waals surface area contributed by atoms with Crippen molar-refractivity contribution in [3.8, 4) is 0 Å². The number of anilines is 1. The van der Waals surface area contributed by atoms with Crippen molar-refractivity contribution in [1.82, 2.24) is 9.97 Å². The number of halogens is 1. The second-order valence-corrected chi connectivity index (χ2v) is 6.61. The maximum atomic E-state index is 6.32. The molecular formula is C18H22ClN3O. The van der Waals surface area contributed by atoms with Gasteiger partial charge in [0.25, 0.3) is 0 Å². The number of hydrogen-bond donors (Lipinski definition) is 0. The summed E-state index contributed by atoms with van der Waals surface area (Å²) in [4.78, 5) is 11.5. The van der Waals surface area contributed by atoms with Crippen LogP contribution in [0.1, 0.15) is 43.0 Å². The number of benzene rings is 1. The summed E-state index contributed by atoms with van der Waals surface area (Å²) >= 11 is 6.32. The molecule has 2 aromatic rings. The Morgan fingerprint density at radius 1 is 1.26 bits per heavy atom. The van der Waals surface area contributed by atoms with Crippen molar-refractivity contribution in [2.75, 3.05) is 24.6 Å². The van der Waals surface area contributed by atoms with Gasteiger partial charge in [0.15, 0.2) is 0 Å². The summed E-state index contributed by atoms with van der Waals surface area (Å²) in [5.41, 5.74) is 2.04. The average molecular weight is 332 g/mol. The third-order valence-corrected chi connectivity index (χ3v) is 4.36. The van der Waals surface area contributed by atoms with Crippen LogP contribution < -0.4 is 4.90 Å². The second kappa shape index (κ2) is 6.85. The monoisotopic (exact) mass is 331 g/mol. The first kappa shape index (κ1) is 16.2. The molecule has 0 amide bonds. The van der Waals surface area contributed by atoms with Gasteiger partial charge in [-0.05, 0) is 13.0 Å². The van der Waals surface area contributed by atoms with Crippen molar-refractivity contribution in [1.29, 1.82) is 0 Å². The lowest BCUT2D eigenvalue weighted by atomic mass is 10.1. The topological polar surface area (TPSA) is 38.2 Å². The maximum absolute atomic E-state index is 6.32. The summed E-state index contributed by atoms with van der Waals surface area (Å²) in [7, 11) is 0. The summed E-state index contributed by atoms with van der Waals surface area (Å²) in [6.45, 7) is 8.49. The van der Waals surface area contributed by atoms with E-state index < -0.39 is 0 Å². The van der Waals surface area contributed by atoms with Gasteiger partial charge in [-0.25, -0.2) is 9.97 Å². The van der Waals surface area contributed by atoms with Crippen molar-refractivity contribution in [2.45, 2.75) is 32.8 Å². The molecule has 0 saturated carbocycles. The van der Waals surface area contributed by atoms with Gasteiger partial charge in [-0.15, -0.1) is 0 Å². The van der Waals surface area contributed by atoms with E-state index in [0.717, 1.165) is 41.0 Å². The van der Waals surface area contributed by atoms with Crippen LogP contribution in [-0.2, 0) is 4.74 Å². The first-order valence-electron chi connectivity index (χ1n) is 8.01. The zero-order valence-electron chi connectivity index (χ0n) is 13.8. The molecule has 1 aromatic carbocycles. The van der Waals surface area contributed by atoms with Crippen LogP contribution in [0.2, 0.25) is 5.02 Å². The number of hydrogen-bond acceptors (Lipinski definition) is 4. The average Bonchev–Trinajstić information content (AvgIpc) is 2.55. The first-order valence-corrected chi connectivity index (χ1v) is 8.39. The number of rotatable bonds is 3. The molecule has 1 saturated heterocycles. The number of ether oxygens (including phenoxy) is 1. The fraction of sp³-hybridized carbons (Fsp3) is 0.444. The Morgan fingerprint density at radius 2 is 2.04 bits per heavy atom. The third-order valence-electron chi connectivity index (χ3n) is 4.02. The van der Waals surface area contributed by atoms with Gasteiger partial charge in [0, 0.05) is 41.4 Å². The molecule has 0 aliphatic carbocycles. The Hall–Kier alpha value is -1.65. The van der Waals surface area contributed by atoms with Gasteiger partial charge in [0.2, 0.25) is 0 Å². The predicted molar refractivity (Wildman–Crippen MR) is 93.2 cm³/mol. The van der Waals surface area contributed by atoms with Crippen molar-refractivity contribution in [2.24, 2.45) is 0 Å². The van der Waals surface area contributed by atoms with E-state index in [1.165, 1.54) is 0 Å². The van der Waals surface area contributed by atoms with E-state index in [4.69, 9.17) is 21.3 Å². The summed E-state index contributed by atoms with van der Waals surface area (Å²) < 4.78 is 5.93. The van der Waals surface area contributed by atoms with Gasteiger partial charge in [-0.2, -0.15) is 0 Å². The maximum Gasteiger partial charge on any atom is 0.133 e. The van der Waals surface area contributed by atoms with Crippen LogP contribution in [0.5, 0.6) is 0 Å². The zero-order chi connectivity index (χ0) is 16.4. The molecule has 0 N–H and O–H groups in total. The minimum atomic E-state index is -0.0322. The number of aromatic nitrogens is 2. The Balaban J connectivity index is 1.85. The van der Waals surface area contributed by atoms with Crippen molar-refractivity contribution >= 4 is 17.4 Å². The summed E-state index contributed by atoms with van der Waals surface area (Å²) in [6.07, 6.45) is -0.0322. The molecule has 1 aliphatic heterocycles. The first-order chi connectivity index (χ1) is 11.0. The van der Waals surface area contributed by atoms with Crippen molar-refractivity contribution in [3.05, 3.63) is 52.4 Å². The molecule has 1 aromatic heterocycles. The number of aryl methyl sites for hydroxylation is 1. The third kappa shape index (κ3) is 3.65. The van der Waals surface area contributed by atoms with Gasteiger partial charge >= 0.3 is 0 Å². The molecule has 122 valence electrons. The largest absolute Gasteiger partial charge is 0.370 e. The van der Waals surface area contributed by atoms with E-state index in [9.17, 15) is 0 Å². The van der Waals surface area contributed by atoms with E-state index in [0.29, 0.717) is 12.5 Å². The molecule has 0 spiro atoms. The van der Waals surface area contributed by atoms with Crippen LogP contribution >= 0.6 is 11.6 Å². The molecule has 1 unspecified atom stereocenters. The van der Waals surface area contributed by atoms with E-state index in [1.54, 1.807) is 0 Å². The minimum Gasteiger partial charge on any atom is -0.370 e. The highest BCUT2D eigenvalue weighted by Gasteiger charge is 2.25. The highest BCUT2D eigenvalue weighted by molar-refractivity contribution is 6.31. The molecule has 3 rings (SSSR count). The molecule has 0 radical (unpaired) electrons. The molecule has 1 fully saturated rings. The van der Waals surface area contributed by atoms with Crippen LogP contribution in [0, 0.1) is 6.92 Å². The molecule has 4 nitrogen and oxygen atoms in total. The van der Waals surface area contributed by atoms with Crippen LogP contribution in [0.4, 0.5) is 5.82 Å². The van der Waals surface area contributed by atoms with Gasteiger partial charge in [-0.3, -0.25) is 0 Å². The van der Waals surface area contributed by atoms with E-state index in [-0.39, 0.29) is 6.10 Å². The second-order valence-electron chi connectivity index (χ2n) is 6.21. The summed E-state index contributed by atoms with van der Waals surface area (Å²) in [5, 5.41) is 0.751. The van der Waals surface area contributed by atoms with E-state index in [1.807, 2.05) is 37.3 Å². The normalized spacial score (nSPS) is 18.5. The fourth-order valence-corrected chi connectivity index (χ4v) is 3.03.